The monoisotopic (exact) mass is 282 g/mol. The van der Waals surface area contributed by atoms with E-state index in [4.69, 9.17) is 0 Å². The van der Waals surface area contributed by atoms with Gasteiger partial charge in [0.25, 0.3) is 5.69 Å². The normalized spacial score (nSPS) is 10.6. The molecular weight excluding hydrogens is 268 g/mol. The van der Waals surface area contributed by atoms with Gasteiger partial charge in [0, 0.05) is 25.1 Å². The number of hydrogen-bond donors (Lipinski definition) is 1. The van der Waals surface area contributed by atoms with Crippen molar-refractivity contribution in [1.29, 1.82) is 0 Å². The molecule has 1 aromatic carbocycles. The van der Waals surface area contributed by atoms with Crippen LogP contribution in [0.25, 0.3) is 0 Å². The van der Waals surface area contributed by atoms with Crippen LogP contribution in [0.15, 0.2) is 23.1 Å². The lowest BCUT2D eigenvalue weighted by Crippen LogP contribution is -2.25. The molecule has 0 aliphatic rings. The maximum Gasteiger partial charge on any atom is 0.270 e. The fourth-order valence-corrected chi connectivity index (χ4v) is 2.74. The summed E-state index contributed by atoms with van der Waals surface area (Å²) in [6.07, 6.45) is 0.393. The van der Waals surface area contributed by atoms with Gasteiger partial charge in [-0.25, -0.2) is 13.1 Å². The summed E-state index contributed by atoms with van der Waals surface area (Å²) in [5.41, 5.74) is 0.207. The second-order valence-electron chi connectivity index (χ2n) is 3.78. The third-order valence-electron chi connectivity index (χ3n) is 2.39. The van der Waals surface area contributed by atoms with Gasteiger partial charge in [-0.15, -0.1) is 11.8 Å². The summed E-state index contributed by atoms with van der Waals surface area (Å²) in [5.74, 6) is 5.39. The van der Waals surface area contributed by atoms with Crippen molar-refractivity contribution in [3.8, 4) is 11.8 Å². The molecule has 1 rings (SSSR count). The summed E-state index contributed by atoms with van der Waals surface area (Å²) < 4.78 is 26.4. The second kappa shape index (κ2) is 6.31. The Kier molecular flexibility index (Phi) is 5.03. The van der Waals surface area contributed by atoms with Crippen LogP contribution in [0.4, 0.5) is 5.69 Å². The highest BCUT2D eigenvalue weighted by atomic mass is 32.2. The van der Waals surface area contributed by atoms with Gasteiger partial charge in [-0.1, -0.05) is 6.07 Å². The van der Waals surface area contributed by atoms with Gasteiger partial charge in [0.05, 0.1) is 9.82 Å². The van der Waals surface area contributed by atoms with Gasteiger partial charge in [-0.2, -0.15) is 0 Å². The first kappa shape index (κ1) is 15.1. The molecule has 6 nitrogen and oxygen atoms in total. The van der Waals surface area contributed by atoms with Crippen LogP contribution in [0, 0.1) is 28.9 Å². The summed E-state index contributed by atoms with van der Waals surface area (Å²) in [6.45, 7) is 3.43. The average molecular weight is 282 g/mol. The van der Waals surface area contributed by atoms with Crippen molar-refractivity contribution < 1.29 is 13.3 Å². The number of nitrogens with one attached hydrogen (secondary N) is 1. The Labute approximate surface area is 112 Å². The molecule has 0 aliphatic carbocycles. The van der Waals surface area contributed by atoms with Gasteiger partial charge in [-0.05, 0) is 19.4 Å². The quantitative estimate of drug-likeness (QED) is 0.384. The molecule has 0 unspecified atom stereocenters. The topological polar surface area (TPSA) is 89.3 Å². The smallest absolute Gasteiger partial charge is 0.258 e. The molecule has 7 heteroatoms. The predicted octanol–water partition coefficient (Wildman–Crippen LogP) is 1.59. The molecule has 0 fully saturated rings. The van der Waals surface area contributed by atoms with Crippen molar-refractivity contribution in [2.24, 2.45) is 0 Å². The van der Waals surface area contributed by atoms with Crippen LogP contribution >= 0.6 is 0 Å². The minimum atomic E-state index is -3.75. The minimum absolute atomic E-state index is 0.0776. The highest BCUT2D eigenvalue weighted by Gasteiger charge is 2.19. The molecule has 19 heavy (non-hydrogen) atoms. The zero-order valence-corrected chi connectivity index (χ0v) is 11.5. The summed E-state index contributed by atoms with van der Waals surface area (Å²) in [5, 5.41) is 10.7. The number of aryl methyl sites for hydroxylation is 1. The molecule has 0 aliphatic heterocycles. The Hall–Kier alpha value is -1.91. The first-order valence-corrected chi connectivity index (χ1v) is 7.01. The number of benzene rings is 1. The van der Waals surface area contributed by atoms with Crippen molar-refractivity contribution in [1.82, 2.24) is 4.72 Å². The van der Waals surface area contributed by atoms with Gasteiger partial charge in [-0.3, -0.25) is 10.1 Å². The van der Waals surface area contributed by atoms with Crippen molar-refractivity contribution in [2.45, 2.75) is 25.2 Å². The average Bonchev–Trinajstić information content (AvgIpc) is 2.34. The largest absolute Gasteiger partial charge is 0.270 e. The van der Waals surface area contributed by atoms with E-state index >= 15 is 0 Å². The lowest BCUT2D eigenvalue weighted by Gasteiger charge is -2.07. The Bertz CT molecular complexity index is 641. The number of nitrogens with zero attached hydrogens (tertiary/aromatic N) is 1. The van der Waals surface area contributed by atoms with Gasteiger partial charge < -0.3 is 0 Å². The number of hydrogen-bond acceptors (Lipinski definition) is 4. The van der Waals surface area contributed by atoms with Crippen LogP contribution in [0.5, 0.6) is 0 Å². The summed E-state index contributed by atoms with van der Waals surface area (Å²) in [7, 11) is -3.75. The van der Waals surface area contributed by atoms with E-state index in [0.29, 0.717) is 12.0 Å². The van der Waals surface area contributed by atoms with E-state index in [-0.39, 0.29) is 17.1 Å². The molecule has 0 bridgehead atoms. The lowest BCUT2D eigenvalue weighted by molar-refractivity contribution is -0.385. The van der Waals surface area contributed by atoms with Crippen molar-refractivity contribution in [2.75, 3.05) is 6.54 Å². The standard InChI is InChI=1S/C12H14N2O4S/c1-3-4-5-8-13-19(17,18)12-9-11(14(15)16)7-6-10(12)2/h6-7,9,13H,5,8H2,1-2H3. The zero-order chi connectivity index (χ0) is 14.5. The molecule has 0 spiro atoms. The highest BCUT2D eigenvalue weighted by Crippen LogP contribution is 2.21. The SMILES string of the molecule is CC#CCCNS(=O)(=O)c1cc([N+](=O)[O-])ccc1C. The number of rotatable bonds is 5. The van der Waals surface area contributed by atoms with E-state index in [9.17, 15) is 18.5 Å². The van der Waals surface area contributed by atoms with E-state index in [1.165, 1.54) is 12.1 Å². The number of non-ortho nitro benzene ring substituents is 1. The van der Waals surface area contributed by atoms with Crippen LogP contribution in [-0.4, -0.2) is 19.9 Å². The van der Waals surface area contributed by atoms with Gasteiger partial charge in [0.2, 0.25) is 10.0 Å². The van der Waals surface area contributed by atoms with E-state index in [2.05, 4.69) is 16.6 Å². The molecule has 1 aromatic rings. The van der Waals surface area contributed by atoms with Crippen LogP contribution < -0.4 is 4.72 Å². The molecule has 0 amide bonds. The van der Waals surface area contributed by atoms with Crippen LogP contribution in [0.2, 0.25) is 0 Å². The fraction of sp³-hybridized carbons (Fsp3) is 0.333. The second-order valence-corrected chi connectivity index (χ2v) is 5.52. The molecule has 0 saturated heterocycles. The Morgan fingerprint density at radius 2 is 2.11 bits per heavy atom. The van der Waals surface area contributed by atoms with E-state index in [1.54, 1.807) is 13.8 Å². The van der Waals surface area contributed by atoms with Gasteiger partial charge in [0.1, 0.15) is 0 Å². The Morgan fingerprint density at radius 1 is 1.42 bits per heavy atom. The van der Waals surface area contributed by atoms with E-state index < -0.39 is 14.9 Å². The van der Waals surface area contributed by atoms with Crippen molar-refractivity contribution in [3.63, 3.8) is 0 Å². The van der Waals surface area contributed by atoms with Crippen LogP contribution in [0.1, 0.15) is 18.9 Å². The van der Waals surface area contributed by atoms with Gasteiger partial charge in [0.15, 0.2) is 0 Å². The Balaban J connectivity index is 3.02. The lowest BCUT2D eigenvalue weighted by atomic mass is 10.2. The third kappa shape index (κ3) is 4.05. The molecule has 1 N–H and O–H groups in total. The molecule has 0 radical (unpaired) electrons. The summed E-state index contributed by atoms with van der Waals surface area (Å²) in [6, 6.07) is 3.75. The molecule has 0 saturated carbocycles. The molecule has 0 aromatic heterocycles. The first-order chi connectivity index (χ1) is 8.88. The van der Waals surface area contributed by atoms with Crippen molar-refractivity contribution in [3.05, 3.63) is 33.9 Å². The maximum atomic E-state index is 12.0. The number of sulfonamides is 1. The predicted molar refractivity (Wildman–Crippen MR) is 71.1 cm³/mol. The highest BCUT2D eigenvalue weighted by molar-refractivity contribution is 7.89. The van der Waals surface area contributed by atoms with E-state index in [1.807, 2.05) is 0 Å². The van der Waals surface area contributed by atoms with Crippen LogP contribution in [-0.2, 0) is 10.0 Å². The molecule has 0 atom stereocenters. The fourth-order valence-electron chi connectivity index (χ4n) is 1.44. The third-order valence-corrected chi connectivity index (χ3v) is 3.99. The zero-order valence-electron chi connectivity index (χ0n) is 10.6. The molecular formula is C12H14N2O4S. The van der Waals surface area contributed by atoms with E-state index in [0.717, 1.165) is 6.07 Å². The first-order valence-electron chi connectivity index (χ1n) is 5.53. The van der Waals surface area contributed by atoms with Gasteiger partial charge >= 0.3 is 0 Å². The summed E-state index contributed by atoms with van der Waals surface area (Å²) >= 11 is 0. The minimum Gasteiger partial charge on any atom is -0.258 e. The molecule has 0 heterocycles. The molecule has 102 valence electrons. The maximum absolute atomic E-state index is 12.0. The summed E-state index contributed by atoms with van der Waals surface area (Å²) in [4.78, 5) is 9.96. The van der Waals surface area contributed by atoms with Crippen molar-refractivity contribution >= 4 is 15.7 Å². The van der Waals surface area contributed by atoms with Crippen LogP contribution in [0.3, 0.4) is 0 Å². The Morgan fingerprint density at radius 3 is 2.68 bits per heavy atom. The number of nitro groups is 1. The number of nitro benzene ring substituents is 1.